The minimum absolute atomic E-state index is 0.00315. The van der Waals surface area contributed by atoms with Gasteiger partial charge in [-0.1, -0.05) is 13.8 Å². The summed E-state index contributed by atoms with van der Waals surface area (Å²) in [5.74, 6) is -1.55. The molecule has 0 radical (unpaired) electrons. The minimum Gasteiger partial charge on any atom is -0.478 e. The first-order valence-corrected chi connectivity index (χ1v) is 6.45. The summed E-state index contributed by atoms with van der Waals surface area (Å²) in [6, 6.07) is 3.11. The third-order valence-corrected chi connectivity index (χ3v) is 3.52. The molecular formula is C14H18N2O5. The molecule has 1 atom stereocenters. The zero-order valence-corrected chi connectivity index (χ0v) is 12.4. The van der Waals surface area contributed by atoms with E-state index in [9.17, 15) is 19.7 Å². The average Bonchev–Trinajstić information content (AvgIpc) is 2.43. The van der Waals surface area contributed by atoms with Crippen LogP contribution in [0.15, 0.2) is 18.2 Å². The molecule has 0 fully saturated rings. The number of aromatic carboxylic acids is 1. The quantitative estimate of drug-likeness (QED) is 0.663. The number of hydrogen-bond donors (Lipinski definition) is 1. The fraction of sp³-hybridized carbons (Fsp3) is 0.429. The van der Waals surface area contributed by atoms with Crippen molar-refractivity contribution in [1.29, 1.82) is 0 Å². The lowest BCUT2D eigenvalue weighted by atomic mass is 10.0. The van der Waals surface area contributed by atoms with Crippen LogP contribution >= 0.6 is 0 Å². The molecule has 7 nitrogen and oxygen atoms in total. The molecule has 1 N–H and O–H groups in total. The molecular weight excluding hydrogens is 276 g/mol. The van der Waals surface area contributed by atoms with Gasteiger partial charge in [0.25, 0.3) is 11.6 Å². The standard InChI is InChI=1S/C14H18N2O5/c1-8(2)9(3)15(4)13(17)10-5-11(14(18)19)7-12(6-10)16(20)21/h5-9H,1-4H3,(H,18,19). The second kappa shape index (κ2) is 6.34. The van der Waals surface area contributed by atoms with Gasteiger partial charge in [0.1, 0.15) is 0 Å². The number of carboxylic acid groups (broad SMARTS) is 1. The number of carbonyl (C=O) groups excluding carboxylic acids is 1. The summed E-state index contributed by atoms with van der Waals surface area (Å²) in [5, 5.41) is 19.8. The summed E-state index contributed by atoms with van der Waals surface area (Å²) in [7, 11) is 1.59. The molecule has 1 aromatic rings. The Balaban J connectivity index is 3.26. The number of hydrogen-bond acceptors (Lipinski definition) is 4. The summed E-state index contributed by atoms with van der Waals surface area (Å²) in [6.45, 7) is 5.76. The highest BCUT2D eigenvalue weighted by molar-refractivity contribution is 5.98. The molecule has 114 valence electrons. The van der Waals surface area contributed by atoms with Gasteiger partial charge in [-0.05, 0) is 18.9 Å². The van der Waals surface area contributed by atoms with Crippen molar-refractivity contribution in [2.45, 2.75) is 26.8 Å². The number of nitrogens with zero attached hydrogens (tertiary/aromatic N) is 2. The number of rotatable bonds is 5. The zero-order chi connectivity index (χ0) is 16.3. The Kier molecular flexibility index (Phi) is 5.02. The van der Waals surface area contributed by atoms with Crippen molar-refractivity contribution in [3.05, 3.63) is 39.4 Å². The van der Waals surface area contributed by atoms with E-state index in [0.29, 0.717) is 0 Å². The van der Waals surface area contributed by atoms with Crippen molar-refractivity contribution in [3.63, 3.8) is 0 Å². The van der Waals surface area contributed by atoms with E-state index in [1.807, 2.05) is 20.8 Å². The van der Waals surface area contributed by atoms with Gasteiger partial charge in [-0.2, -0.15) is 0 Å². The predicted octanol–water partition coefficient (Wildman–Crippen LogP) is 2.41. The molecule has 0 aliphatic rings. The molecule has 0 heterocycles. The smallest absolute Gasteiger partial charge is 0.335 e. The molecule has 0 bridgehead atoms. The number of non-ortho nitro benzene ring substituents is 1. The average molecular weight is 294 g/mol. The van der Waals surface area contributed by atoms with E-state index in [1.54, 1.807) is 7.05 Å². The number of benzene rings is 1. The summed E-state index contributed by atoms with van der Waals surface area (Å²) in [6.07, 6.45) is 0. The Morgan fingerprint density at radius 3 is 2.14 bits per heavy atom. The lowest BCUT2D eigenvalue weighted by Crippen LogP contribution is -2.38. The molecule has 1 amide bonds. The maximum atomic E-state index is 12.4. The van der Waals surface area contributed by atoms with Crippen molar-refractivity contribution in [2.24, 2.45) is 5.92 Å². The second-order valence-electron chi connectivity index (χ2n) is 5.23. The molecule has 0 aliphatic carbocycles. The normalized spacial score (nSPS) is 12.0. The van der Waals surface area contributed by atoms with Gasteiger partial charge in [-0.15, -0.1) is 0 Å². The fourth-order valence-corrected chi connectivity index (χ4v) is 1.80. The van der Waals surface area contributed by atoms with Gasteiger partial charge in [0.2, 0.25) is 0 Å². The Morgan fingerprint density at radius 1 is 1.19 bits per heavy atom. The van der Waals surface area contributed by atoms with Crippen LogP contribution < -0.4 is 0 Å². The van der Waals surface area contributed by atoms with E-state index in [2.05, 4.69) is 0 Å². The Hall–Kier alpha value is -2.44. The SMILES string of the molecule is CC(C)C(C)N(C)C(=O)c1cc(C(=O)O)cc([N+](=O)[O-])c1. The number of nitro benzene ring substituents is 1. The third-order valence-electron chi connectivity index (χ3n) is 3.52. The van der Waals surface area contributed by atoms with E-state index in [-0.39, 0.29) is 23.1 Å². The summed E-state index contributed by atoms with van der Waals surface area (Å²) >= 11 is 0. The summed E-state index contributed by atoms with van der Waals surface area (Å²) in [4.78, 5) is 35.0. The third kappa shape index (κ3) is 3.77. The second-order valence-corrected chi connectivity index (χ2v) is 5.23. The molecule has 0 aromatic heterocycles. The molecule has 0 saturated carbocycles. The Labute approximate surface area is 122 Å². The van der Waals surface area contributed by atoms with Crippen LogP contribution in [-0.4, -0.2) is 39.9 Å². The van der Waals surface area contributed by atoms with Crippen LogP contribution in [0.3, 0.4) is 0 Å². The van der Waals surface area contributed by atoms with E-state index < -0.39 is 22.5 Å². The molecule has 0 saturated heterocycles. The highest BCUT2D eigenvalue weighted by Gasteiger charge is 2.23. The van der Waals surface area contributed by atoms with E-state index in [0.717, 1.165) is 18.2 Å². The highest BCUT2D eigenvalue weighted by atomic mass is 16.6. The van der Waals surface area contributed by atoms with Gasteiger partial charge in [0, 0.05) is 30.8 Å². The number of carbonyl (C=O) groups is 2. The maximum Gasteiger partial charge on any atom is 0.335 e. The van der Waals surface area contributed by atoms with Crippen molar-refractivity contribution in [2.75, 3.05) is 7.05 Å². The lowest BCUT2D eigenvalue weighted by molar-refractivity contribution is -0.384. The maximum absolute atomic E-state index is 12.4. The van der Waals surface area contributed by atoms with Crippen molar-refractivity contribution < 1.29 is 19.6 Å². The monoisotopic (exact) mass is 294 g/mol. The van der Waals surface area contributed by atoms with Crippen LogP contribution in [0.4, 0.5) is 5.69 Å². The first kappa shape index (κ1) is 16.6. The first-order chi connectivity index (χ1) is 9.65. The van der Waals surface area contributed by atoms with Crippen LogP contribution in [0.2, 0.25) is 0 Å². The van der Waals surface area contributed by atoms with E-state index in [1.165, 1.54) is 4.90 Å². The minimum atomic E-state index is -1.31. The van der Waals surface area contributed by atoms with Gasteiger partial charge < -0.3 is 10.0 Å². The van der Waals surface area contributed by atoms with Gasteiger partial charge in [-0.25, -0.2) is 4.79 Å². The number of nitro groups is 1. The van der Waals surface area contributed by atoms with Gasteiger partial charge in [0.05, 0.1) is 10.5 Å². The van der Waals surface area contributed by atoms with Crippen molar-refractivity contribution in [3.8, 4) is 0 Å². The van der Waals surface area contributed by atoms with Crippen LogP contribution in [0.5, 0.6) is 0 Å². The first-order valence-electron chi connectivity index (χ1n) is 6.45. The van der Waals surface area contributed by atoms with Gasteiger partial charge in [0.15, 0.2) is 0 Å². The van der Waals surface area contributed by atoms with Gasteiger partial charge in [-0.3, -0.25) is 14.9 Å². The van der Waals surface area contributed by atoms with Crippen LogP contribution in [-0.2, 0) is 0 Å². The molecule has 1 unspecified atom stereocenters. The molecule has 21 heavy (non-hydrogen) atoms. The number of amides is 1. The van der Waals surface area contributed by atoms with Gasteiger partial charge >= 0.3 is 5.97 Å². The van der Waals surface area contributed by atoms with Crippen LogP contribution in [0.1, 0.15) is 41.5 Å². The Morgan fingerprint density at radius 2 is 1.71 bits per heavy atom. The van der Waals surface area contributed by atoms with E-state index in [4.69, 9.17) is 5.11 Å². The molecule has 7 heteroatoms. The highest BCUT2D eigenvalue weighted by Crippen LogP contribution is 2.20. The zero-order valence-electron chi connectivity index (χ0n) is 12.4. The summed E-state index contributed by atoms with van der Waals surface area (Å²) in [5.41, 5.74) is -0.696. The molecule has 0 spiro atoms. The van der Waals surface area contributed by atoms with Crippen LogP contribution in [0.25, 0.3) is 0 Å². The number of carboxylic acids is 1. The fourth-order valence-electron chi connectivity index (χ4n) is 1.80. The molecule has 0 aliphatic heterocycles. The van der Waals surface area contributed by atoms with Crippen LogP contribution in [0, 0.1) is 16.0 Å². The molecule has 1 aromatic carbocycles. The summed E-state index contributed by atoms with van der Waals surface area (Å²) < 4.78 is 0. The Bertz CT molecular complexity index is 550. The largest absolute Gasteiger partial charge is 0.478 e. The van der Waals surface area contributed by atoms with Crippen molar-refractivity contribution >= 4 is 17.6 Å². The topological polar surface area (TPSA) is 101 Å². The van der Waals surface area contributed by atoms with Crippen molar-refractivity contribution in [1.82, 2.24) is 4.90 Å². The molecule has 1 rings (SSSR count). The predicted molar refractivity (Wildman–Crippen MR) is 76.4 cm³/mol. The lowest BCUT2D eigenvalue weighted by Gasteiger charge is -2.28. The van der Waals surface area contributed by atoms with E-state index >= 15 is 0 Å².